The smallest absolute Gasteiger partial charge is 0.154 e. The van der Waals surface area contributed by atoms with E-state index in [9.17, 15) is 0 Å². The van der Waals surface area contributed by atoms with Crippen LogP contribution in [-0.2, 0) is 23.8 Å². The van der Waals surface area contributed by atoms with E-state index in [2.05, 4.69) is 57.2 Å². The Labute approximate surface area is 165 Å². The summed E-state index contributed by atoms with van der Waals surface area (Å²) in [7, 11) is 0. The van der Waals surface area contributed by atoms with Crippen LogP contribution in [0.3, 0.4) is 0 Å². The third-order valence-corrected chi connectivity index (χ3v) is 8.19. The Balaban J connectivity index is 1.79. The molecule has 0 fully saturated rings. The first-order chi connectivity index (χ1) is 12.4. The van der Waals surface area contributed by atoms with Crippen molar-refractivity contribution in [3.8, 4) is 0 Å². The molecule has 2 nitrogen and oxygen atoms in total. The van der Waals surface area contributed by atoms with Gasteiger partial charge in [-0.1, -0.05) is 62.9 Å². The van der Waals surface area contributed by atoms with E-state index in [1.54, 1.807) is 16.6 Å². The van der Waals surface area contributed by atoms with E-state index >= 15 is 0 Å². The number of hydrogen-bond acceptors (Lipinski definition) is 4. The zero-order valence-corrected chi connectivity index (χ0v) is 17.6. The highest BCUT2D eigenvalue weighted by atomic mass is 32.2. The van der Waals surface area contributed by atoms with Gasteiger partial charge in [0.2, 0.25) is 0 Å². The van der Waals surface area contributed by atoms with E-state index in [-0.39, 0.29) is 11.0 Å². The number of amidine groups is 1. The molecule has 2 heterocycles. The Morgan fingerprint density at radius 3 is 2.69 bits per heavy atom. The van der Waals surface area contributed by atoms with Crippen molar-refractivity contribution >= 4 is 28.3 Å². The number of benzene rings is 1. The lowest BCUT2D eigenvalue weighted by molar-refractivity contribution is 0.234. The maximum atomic E-state index is 6.26. The summed E-state index contributed by atoms with van der Waals surface area (Å²) in [5.74, 6) is 1.60. The summed E-state index contributed by atoms with van der Waals surface area (Å²) in [5, 5.41) is 0.769. The zero-order chi connectivity index (χ0) is 18.4. The summed E-state index contributed by atoms with van der Waals surface area (Å²) in [6.07, 6.45) is 4.57. The van der Waals surface area contributed by atoms with Crippen molar-refractivity contribution < 1.29 is 0 Å². The van der Waals surface area contributed by atoms with Gasteiger partial charge in [-0.05, 0) is 54.2 Å². The van der Waals surface area contributed by atoms with Gasteiger partial charge in [0, 0.05) is 15.5 Å². The molecular weight excluding hydrogens is 356 g/mol. The molecule has 26 heavy (non-hydrogen) atoms. The van der Waals surface area contributed by atoms with Gasteiger partial charge in [-0.25, -0.2) is 0 Å². The van der Waals surface area contributed by atoms with Gasteiger partial charge in [-0.15, -0.1) is 11.3 Å². The van der Waals surface area contributed by atoms with Gasteiger partial charge >= 0.3 is 0 Å². The molecule has 0 saturated heterocycles. The Hall–Kier alpha value is -1.26. The van der Waals surface area contributed by atoms with Gasteiger partial charge in [0.1, 0.15) is 0 Å². The van der Waals surface area contributed by atoms with Crippen molar-refractivity contribution in [2.75, 3.05) is 5.75 Å². The fraction of sp³-hybridized carbons (Fsp3) is 0.500. The summed E-state index contributed by atoms with van der Waals surface area (Å²) in [5.41, 5.74) is 9.22. The first-order valence-corrected chi connectivity index (χ1v) is 11.3. The van der Waals surface area contributed by atoms with Crippen LogP contribution in [0.5, 0.6) is 0 Å². The van der Waals surface area contributed by atoms with E-state index in [4.69, 9.17) is 10.7 Å². The molecule has 2 N–H and O–H groups in total. The van der Waals surface area contributed by atoms with Crippen molar-refractivity contribution in [2.45, 2.75) is 57.4 Å². The maximum Gasteiger partial charge on any atom is 0.154 e. The molecule has 2 atom stereocenters. The number of thiophene rings is 1. The van der Waals surface area contributed by atoms with Gasteiger partial charge in [0.15, 0.2) is 5.17 Å². The average Bonchev–Trinajstić information content (AvgIpc) is 3.05. The number of thioether (sulfide) groups is 1. The topological polar surface area (TPSA) is 38.4 Å². The molecule has 4 rings (SSSR count). The molecule has 2 aliphatic rings. The summed E-state index contributed by atoms with van der Waals surface area (Å²) >= 11 is 3.71. The minimum atomic E-state index is -0.126. The SMILES string of the molecule is CC(C)(C)c1cc2c(s1)CCC(Cc1ccccc1)C21CCSC(N)=N1. The Morgan fingerprint density at radius 1 is 1.23 bits per heavy atom. The standard InChI is InChI=1S/C22H28N2S2/c1-21(2,3)19-14-17-18(26-19)10-9-16(13-15-7-5-4-6-8-15)22(17)11-12-25-20(23)24-22/h4-8,14,16H,9-13H2,1-3H3,(H2,23,24). The highest BCUT2D eigenvalue weighted by Crippen LogP contribution is 2.52. The molecule has 138 valence electrons. The molecule has 1 aromatic heterocycles. The largest absolute Gasteiger partial charge is 0.379 e. The molecule has 2 unspecified atom stereocenters. The summed E-state index contributed by atoms with van der Waals surface area (Å²) < 4.78 is 0. The van der Waals surface area contributed by atoms with Crippen LogP contribution in [0.15, 0.2) is 41.4 Å². The molecule has 1 aromatic carbocycles. The first kappa shape index (κ1) is 18.1. The molecular formula is C22H28N2S2. The second-order valence-electron chi connectivity index (χ2n) is 8.60. The van der Waals surface area contributed by atoms with Crippen molar-refractivity contribution in [3.63, 3.8) is 0 Å². The number of nitrogens with zero attached hydrogens (tertiary/aromatic N) is 1. The second-order valence-corrected chi connectivity index (χ2v) is 10.8. The molecule has 0 bridgehead atoms. The number of rotatable bonds is 2. The molecule has 2 aromatic rings. The van der Waals surface area contributed by atoms with Crippen LogP contribution in [-0.4, -0.2) is 10.9 Å². The monoisotopic (exact) mass is 384 g/mol. The molecule has 0 saturated carbocycles. The summed E-state index contributed by atoms with van der Waals surface area (Å²) in [6.45, 7) is 6.94. The van der Waals surface area contributed by atoms with E-state index in [1.807, 2.05) is 11.3 Å². The molecule has 4 heteroatoms. The van der Waals surface area contributed by atoms with E-state index in [1.165, 1.54) is 28.8 Å². The minimum Gasteiger partial charge on any atom is -0.379 e. The molecule has 0 radical (unpaired) electrons. The third kappa shape index (κ3) is 3.22. The predicted molar refractivity (Wildman–Crippen MR) is 115 cm³/mol. The van der Waals surface area contributed by atoms with Crippen molar-refractivity contribution in [3.05, 3.63) is 57.3 Å². The van der Waals surface area contributed by atoms with Gasteiger partial charge in [-0.3, -0.25) is 4.99 Å². The first-order valence-electron chi connectivity index (χ1n) is 9.54. The predicted octanol–water partition coefficient (Wildman–Crippen LogP) is 5.50. The van der Waals surface area contributed by atoms with E-state index in [0.717, 1.165) is 23.8 Å². The zero-order valence-electron chi connectivity index (χ0n) is 15.9. The van der Waals surface area contributed by atoms with E-state index in [0.29, 0.717) is 5.92 Å². The summed E-state index contributed by atoms with van der Waals surface area (Å²) in [4.78, 5) is 8.18. The second kappa shape index (κ2) is 6.72. The number of nitrogens with two attached hydrogens (primary N) is 1. The highest BCUT2D eigenvalue weighted by Gasteiger charge is 2.47. The molecule has 1 aliphatic heterocycles. The van der Waals surface area contributed by atoms with Crippen LogP contribution in [0.1, 0.15) is 54.5 Å². The van der Waals surface area contributed by atoms with E-state index < -0.39 is 0 Å². The fourth-order valence-corrected chi connectivity index (χ4v) is 6.53. The van der Waals surface area contributed by atoms with Gasteiger partial charge in [0.25, 0.3) is 0 Å². The summed E-state index contributed by atoms with van der Waals surface area (Å²) in [6, 6.07) is 13.4. The maximum absolute atomic E-state index is 6.26. The molecule has 1 spiro atoms. The van der Waals surface area contributed by atoms with Crippen LogP contribution in [0.25, 0.3) is 0 Å². The van der Waals surface area contributed by atoms with Crippen LogP contribution in [0, 0.1) is 5.92 Å². The number of fused-ring (bicyclic) bond motifs is 2. The normalized spacial score (nSPS) is 25.8. The quantitative estimate of drug-likeness (QED) is 0.743. The van der Waals surface area contributed by atoms with Crippen molar-refractivity contribution in [1.82, 2.24) is 0 Å². The fourth-order valence-electron chi connectivity index (χ4n) is 4.37. The van der Waals surface area contributed by atoms with Gasteiger partial charge in [0.05, 0.1) is 5.54 Å². The Bertz CT molecular complexity index is 816. The van der Waals surface area contributed by atoms with Crippen LogP contribution < -0.4 is 5.73 Å². The Kier molecular flexibility index (Phi) is 4.68. The molecule has 0 amide bonds. The van der Waals surface area contributed by atoms with Gasteiger partial charge < -0.3 is 5.73 Å². The number of aryl methyl sites for hydroxylation is 1. The lowest BCUT2D eigenvalue weighted by Crippen LogP contribution is -2.42. The Morgan fingerprint density at radius 2 is 2.00 bits per heavy atom. The minimum absolute atomic E-state index is 0.126. The number of aliphatic imine (C=N–C) groups is 1. The lowest BCUT2D eigenvalue weighted by Gasteiger charge is -2.43. The van der Waals surface area contributed by atoms with Crippen LogP contribution >= 0.6 is 23.1 Å². The average molecular weight is 385 g/mol. The van der Waals surface area contributed by atoms with Crippen molar-refractivity contribution in [2.24, 2.45) is 16.6 Å². The third-order valence-electron chi connectivity index (χ3n) is 5.78. The van der Waals surface area contributed by atoms with Crippen LogP contribution in [0.4, 0.5) is 0 Å². The van der Waals surface area contributed by atoms with Crippen molar-refractivity contribution in [1.29, 1.82) is 0 Å². The van der Waals surface area contributed by atoms with Gasteiger partial charge in [-0.2, -0.15) is 0 Å². The lowest BCUT2D eigenvalue weighted by atomic mass is 9.68. The van der Waals surface area contributed by atoms with Crippen LogP contribution in [0.2, 0.25) is 0 Å². The number of hydrogen-bond donors (Lipinski definition) is 1. The molecule has 1 aliphatic carbocycles. The highest BCUT2D eigenvalue weighted by molar-refractivity contribution is 8.13.